The van der Waals surface area contributed by atoms with Gasteiger partial charge in [0, 0.05) is 16.5 Å². The molecule has 7 nitrogen and oxygen atoms in total. The Morgan fingerprint density at radius 3 is 2.71 bits per heavy atom. The van der Waals surface area contributed by atoms with Crippen LogP contribution < -0.4 is 16.4 Å². The van der Waals surface area contributed by atoms with Gasteiger partial charge in [0.1, 0.15) is 0 Å². The SMILES string of the molecule is Cc1nc(C(C)NC(=O)Cc2cc(=O)[nH][nH]c2=O)c(C)s1. The third-order valence-electron chi connectivity index (χ3n) is 2.97. The first-order valence-electron chi connectivity index (χ1n) is 6.41. The average molecular weight is 308 g/mol. The van der Waals surface area contributed by atoms with Gasteiger partial charge in [-0.25, -0.2) is 4.98 Å². The van der Waals surface area contributed by atoms with Gasteiger partial charge in [-0.3, -0.25) is 24.6 Å². The van der Waals surface area contributed by atoms with Crippen molar-refractivity contribution >= 4 is 17.2 Å². The molecule has 3 N–H and O–H groups in total. The lowest BCUT2D eigenvalue weighted by molar-refractivity contribution is -0.121. The van der Waals surface area contributed by atoms with Crippen molar-refractivity contribution in [2.75, 3.05) is 0 Å². The number of thiazole rings is 1. The van der Waals surface area contributed by atoms with Crippen molar-refractivity contribution in [2.24, 2.45) is 0 Å². The van der Waals surface area contributed by atoms with Gasteiger partial charge in [0.05, 0.1) is 23.2 Å². The second kappa shape index (κ2) is 6.04. The highest BCUT2D eigenvalue weighted by Crippen LogP contribution is 2.22. The fourth-order valence-corrected chi connectivity index (χ4v) is 2.98. The lowest BCUT2D eigenvalue weighted by atomic mass is 10.1. The standard InChI is InChI=1S/C13H16N4O3S/c1-6(12-7(2)21-8(3)15-12)14-10(18)4-9-5-11(19)16-17-13(9)20/h5-6H,4H2,1-3H3,(H,14,18)(H,16,19)(H,17,20). The Hall–Kier alpha value is -2.22. The number of aromatic nitrogens is 3. The zero-order chi connectivity index (χ0) is 15.6. The van der Waals surface area contributed by atoms with Crippen LogP contribution in [0.5, 0.6) is 0 Å². The van der Waals surface area contributed by atoms with Crippen molar-refractivity contribution in [3.8, 4) is 0 Å². The summed E-state index contributed by atoms with van der Waals surface area (Å²) in [6.45, 7) is 5.69. The Kier molecular flexibility index (Phi) is 4.37. The second-order valence-electron chi connectivity index (χ2n) is 4.75. The Labute approximate surface area is 124 Å². The Morgan fingerprint density at radius 1 is 1.38 bits per heavy atom. The summed E-state index contributed by atoms with van der Waals surface area (Å²) in [5.41, 5.74) is 0.0369. The summed E-state index contributed by atoms with van der Waals surface area (Å²) in [6, 6.07) is 0.880. The van der Waals surface area contributed by atoms with Gasteiger partial charge in [-0.05, 0) is 20.8 Å². The number of amides is 1. The number of hydrogen-bond acceptors (Lipinski definition) is 5. The molecule has 2 rings (SSSR count). The molecule has 2 heterocycles. The molecule has 0 saturated heterocycles. The van der Waals surface area contributed by atoms with E-state index in [0.29, 0.717) is 0 Å². The molecule has 0 fully saturated rings. The summed E-state index contributed by atoms with van der Waals surface area (Å²) in [5.74, 6) is -0.330. The van der Waals surface area contributed by atoms with E-state index in [2.05, 4.69) is 20.5 Å². The highest BCUT2D eigenvalue weighted by atomic mass is 32.1. The van der Waals surface area contributed by atoms with Gasteiger partial charge in [0.15, 0.2) is 0 Å². The molecule has 0 aliphatic carbocycles. The smallest absolute Gasteiger partial charge is 0.266 e. The topological polar surface area (TPSA) is 108 Å². The fourth-order valence-electron chi connectivity index (χ4n) is 2.07. The van der Waals surface area contributed by atoms with E-state index in [-0.39, 0.29) is 23.9 Å². The van der Waals surface area contributed by atoms with Crippen molar-refractivity contribution in [3.63, 3.8) is 0 Å². The van der Waals surface area contributed by atoms with Gasteiger partial charge in [-0.1, -0.05) is 0 Å². The lowest BCUT2D eigenvalue weighted by Crippen LogP contribution is -2.32. The minimum Gasteiger partial charge on any atom is -0.348 e. The van der Waals surface area contributed by atoms with Crippen LogP contribution in [0.3, 0.4) is 0 Å². The summed E-state index contributed by atoms with van der Waals surface area (Å²) < 4.78 is 0. The molecule has 0 aromatic carbocycles. The van der Waals surface area contributed by atoms with Gasteiger partial charge in [-0.2, -0.15) is 0 Å². The summed E-state index contributed by atoms with van der Waals surface area (Å²) in [6.07, 6.45) is -0.147. The van der Waals surface area contributed by atoms with Gasteiger partial charge < -0.3 is 5.32 Å². The third kappa shape index (κ3) is 3.66. The van der Waals surface area contributed by atoms with Crippen molar-refractivity contribution < 1.29 is 4.79 Å². The summed E-state index contributed by atoms with van der Waals surface area (Å²) in [7, 11) is 0. The first-order valence-corrected chi connectivity index (χ1v) is 7.22. The molecule has 0 bridgehead atoms. The monoisotopic (exact) mass is 308 g/mol. The van der Waals surface area contributed by atoms with Gasteiger partial charge >= 0.3 is 0 Å². The fraction of sp³-hybridized carbons (Fsp3) is 0.385. The van der Waals surface area contributed by atoms with E-state index in [1.54, 1.807) is 11.3 Å². The number of hydrogen-bond donors (Lipinski definition) is 3. The molecule has 1 atom stereocenters. The number of carbonyl (C=O) groups is 1. The molecule has 21 heavy (non-hydrogen) atoms. The van der Waals surface area contributed by atoms with Crippen LogP contribution in [0.25, 0.3) is 0 Å². The molecular weight excluding hydrogens is 292 g/mol. The van der Waals surface area contributed by atoms with E-state index >= 15 is 0 Å². The molecule has 1 amide bonds. The quantitative estimate of drug-likeness (QED) is 0.766. The molecule has 0 radical (unpaired) electrons. The van der Waals surface area contributed by atoms with E-state index in [0.717, 1.165) is 21.6 Å². The molecule has 112 valence electrons. The van der Waals surface area contributed by atoms with Gasteiger partial charge in [0.2, 0.25) is 5.91 Å². The van der Waals surface area contributed by atoms with Crippen LogP contribution in [0, 0.1) is 13.8 Å². The van der Waals surface area contributed by atoms with E-state index in [4.69, 9.17) is 0 Å². The van der Waals surface area contributed by atoms with Crippen LogP contribution in [-0.2, 0) is 11.2 Å². The third-order valence-corrected chi connectivity index (χ3v) is 3.88. The minimum absolute atomic E-state index is 0.134. The second-order valence-corrected chi connectivity index (χ2v) is 6.16. The Morgan fingerprint density at radius 2 is 2.10 bits per heavy atom. The first-order chi connectivity index (χ1) is 9.86. The number of aromatic amines is 2. The molecule has 0 aliphatic heterocycles. The predicted octanol–water partition coefficient (Wildman–Crippen LogP) is 0.556. The zero-order valence-electron chi connectivity index (χ0n) is 11.9. The van der Waals surface area contributed by atoms with Crippen LogP contribution in [-0.4, -0.2) is 21.1 Å². The van der Waals surface area contributed by atoms with E-state index < -0.39 is 11.1 Å². The van der Waals surface area contributed by atoms with Crippen LogP contribution in [0.4, 0.5) is 0 Å². The average Bonchev–Trinajstić information content (AvgIpc) is 2.73. The van der Waals surface area contributed by atoms with Crippen LogP contribution in [0.2, 0.25) is 0 Å². The first kappa shape index (κ1) is 15.2. The van der Waals surface area contributed by atoms with Gasteiger partial charge in [-0.15, -0.1) is 11.3 Å². The molecule has 1 unspecified atom stereocenters. The molecular formula is C13H16N4O3S. The van der Waals surface area contributed by atoms with Crippen LogP contribution >= 0.6 is 11.3 Å². The Bertz CT molecular complexity index is 774. The lowest BCUT2D eigenvalue weighted by Gasteiger charge is -2.12. The van der Waals surface area contributed by atoms with Crippen molar-refractivity contribution in [1.82, 2.24) is 20.5 Å². The number of nitrogens with zero attached hydrogens (tertiary/aromatic N) is 1. The molecule has 0 spiro atoms. The Balaban J connectivity index is 2.08. The van der Waals surface area contributed by atoms with Crippen LogP contribution in [0.15, 0.2) is 15.7 Å². The molecule has 8 heteroatoms. The maximum Gasteiger partial charge on any atom is 0.266 e. The van der Waals surface area contributed by atoms with Crippen molar-refractivity contribution in [2.45, 2.75) is 33.2 Å². The maximum atomic E-state index is 12.0. The number of nitrogens with one attached hydrogen (secondary N) is 3. The molecule has 2 aromatic heterocycles. The van der Waals surface area contributed by atoms with E-state index in [9.17, 15) is 14.4 Å². The summed E-state index contributed by atoms with van der Waals surface area (Å²) in [4.78, 5) is 40.1. The maximum absolute atomic E-state index is 12.0. The van der Waals surface area contributed by atoms with Gasteiger partial charge in [0.25, 0.3) is 11.1 Å². The van der Waals surface area contributed by atoms with Crippen molar-refractivity contribution in [1.29, 1.82) is 0 Å². The molecule has 0 aliphatic rings. The summed E-state index contributed by atoms with van der Waals surface area (Å²) >= 11 is 1.57. The zero-order valence-corrected chi connectivity index (χ0v) is 12.8. The normalized spacial score (nSPS) is 12.1. The van der Waals surface area contributed by atoms with E-state index in [1.807, 2.05) is 20.8 Å². The van der Waals surface area contributed by atoms with Crippen LogP contribution in [0.1, 0.15) is 34.1 Å². The van der Waals surface area contributed by atoms with Crippen molar-refractivity contribution in [3.05, 3.63) is 47.9 Å². The van der Waals surface area contributed by atoms with E-state index in [1.165, 1.54) is 0 Å². The number of aryl methyl sites for hydroxylation is 2. The minimum atomic E-state index is -0.474. The number of H-pyrrole nitrogens is 2. The number of carbonyl (C=O) groups excluding carboxylic acids is 1. The molecule has 2 aromatic rings. The highest BCUT2D eigenvalue weighted by Gasteiger charge is 2.16. The highest BCUT2D eigenvalue weighted by molar-refractivity contribution is 7.11. The molecule has 0 saturated carbocycles. The number of rotatable bonds is 4. The summed E-state index contributed by atoms with van der Waals surface area (Å²) in [5, 5.41) is 8.07. The largest absolute Gasteiger partial charge is 0.348 e. The predicted molar refractivity (Wildman–Crippen MR) is 79.5 cm³/mol.